The van der Waals surface area contributed by atoms with E-state index >= 15 is 0 Å². The van der Waals surface area contributed by atoms with E-state index < -0.39 is 12.0 Å². The van der Waals surface area contributed by atoms with Crippen LogP contribution >= 0.6 is 11.6 Å². The van der Waals surface area contributed by atoms with Crippen LogP contribution in [0.1, 0.15) is 5.56 Å². The molecule has 1 atom stereocenters. The average Bonchev–Trinajstić information content (AvgIpc) is 2.68. The topological polar surface area (TPSA) is 75.7 Å². The summed E-state index contributed by atoms with van der Waals surface area (Å²) in [6.45, 7) is 2.32. The van der Waals surface area contributed by atoms with Crippen molar-refractivity contribution in [2.24, 2.45) is 0 Å². The Morgan fingerprint density at radius 2 is 1.74 bits per heavy atom. The number of hydrogen-bond acceptors (Lipinski definition) is 4. The van der Waals surface area contributed by atoms with Gasteiger partial charge in [-0.2, -0.15) is 0 Å². The van der Waals surface area contributed by atoms with Gasteiger partial charge in [0.15, 0.2) is 0 Å². The number of rotatable bonds is 5. The summed E-state index contributed by atoms with van der Waals surface area (Å²) < 4.78 is 0. The lowest BCUT2D eigenvalue weighted by Gasteiger charge is -2.37. The number of anilines is 1. The highest BCUT2D eigenvalue weighted by Gasteiger charge is 2.24. The summed E-state index contributed by atoms with van der Waals surface area (Å²) in [4.78, 5) is 27.7. The molecular formula is C20H21ClN3O3-. The number of nitrogens with zero attached hydrogens (tertiary/aromatic N) is 2. The largest absolute Gasteiger partial charge is 0.548 e. The maximum atomic E-state index is 12.5. The highest BCUT2D eigenvalue weighted by atomic mass is 35.5. The Morgan fingerprint density at radius 1 is 1.04 bits per heavy atom. The first-order valence-corrected chi connectivity index (χ1v) is 9.21. The summed E-state index contributed by atoms with van der Waals surface area (Å²) >= 11 is 6.03. The van der Waals surface area contributed by atoms with E-state index in [-0.39, 0.29) is 12.5 Å². The first-order valence-electron chi connectivity index (χ1n) is 8.83. The first kappa shape index (κ1) is 19.0. The van der Waals surface area contributed by atoms with Crippen LogP contribution in [0.2, 0.25) is 5.02 Å². The SMILES string of the molecule is O=C([O-])[C@H](Cc1ccccc1)NC(=O)N1CCN(c2cccc(Cl)c2)CC1. The van der Waals surface area contributed by atoms with E-state index in [1.165, 1.54) is 0 Å². The molecule has 27 heavy (non-hydrogen) atoms. The number of urea groups is 1. The highest BCUT2D eigenvalue weighted by Crippen LogP contribution is 2.20. The van der Waals surface area contributed by atoms with Crippen molar-refractivity contribution in [3.8, 4) is 0 Å². The second kappa shape index (κ2) is 8.77. The van der Waals surface area contributed by atoms with Gasteiger partial charge < -0.3 is 25.0 Å². The number of nitrogens with one attached hydrogen (secondary N) is 1. The fourth-order valence-corrected chi connectivity index (χ4v) is 3.31. The quantitative estimate of drug-likeness (QED) is 0.845. The third-order valence-corrected chi connectivity index (χ3v) is 4.84. The lowest BCUT2D eigenvalue weighted by molar-refractivity contribution is -0.308. The molecule has 0 saturated carbocycles. The van der Waals surface area contributed by atoms with Crippen LogP contribution in [0.15, 0.2) is 54.6 Å². The zero-order chi connectivity index (χ0) is 19.2. The summed E-state index contributed by atoms with van der Waals surface area (Å²) in [6.07, 6.45) is 0.192. The monoisotopic (exact) mass is 386 g/mol. The number of carbonyl (C=O) groups excluding carboxylic acids is 2. The van der Waals surface area contributed by atoms with Crippen LogP contribution in [-0.4, -0.2) is 49.1 Å². The minimum absolute atomic E-state index is 0.192. The van der Waals surface area contributed by atoms with Gasteiger partial charge in [0.2, 0.25) is 0 Å². The van der Waals surface area contributed by atoms with Crippen LogP contribution < -0.4 is 15.3 Å². The fourth-order valence-electron chi connectivity index (χ4n) is 3.12. The van der Waals surface area contributed by atoms with Gasteiger partial charge in [-0.25, -0.2) is 4.79 Å². The van der Waals surface area contributed by atoms with Crippen molar-refractivity contribution >= 4 is 29.3 Å². The molecule has 0 radical (unpaired) electrons. The Kier molecular flexibility index (Phi) is 6.19. The number of amides is 2. The maximum Gasteiger partial charge on any atom is 0.318 e. The van der Waals surface area contributed by atoms with Crippen LogP contribution in [0.25, 0.3) is 0 Å². The van der Waals surface area contributed by atoms with Crippen LogP contribution in [0.3, 0.4) is 0 Å². The van der Waals surface area contributed by atoms with Crippen LogP contribution in [0, 0.1) is 0 Å². The Hall–Kier alpha value is -2.73. The number of hydrogen-bond donors (Lipinski definition) is 1. The van der Waals surface area contributed by atoms with E-state index in [1.54, 1.807) is 4.90 Å². The summed E-state index contributed by atoms with van der Waals surface area (Å²) in [5.41, 5.74) is 1.84. The standard InChI is InChI=1S/C20H22ClN3O3/c21-16-7-4-8-17(14-16)23-9-11-24(12-10-23)20(27)22-18(19(25)26)13-15-5-2-1-3-6-15/h1-8,14,18H,9-13H2,(H,22,27)(H,25,26)/p-1/t18-/m0/s1. The molecule has 142 valence electrons. The molecule has 2 aromatic carbocycles. The van der Waals surface area contributed by atoms with Gasteiger partial charge in [-0.05, 0) is 30.2 Å². The van der Waals surface area contributed by atoms with Gasteiger partial charge in [0.25, 0.3) is 0 Å². The molecule has 3 rings (SSSR count). The number of aliphatic carboxylic acids is 1. The van der Waals surface area contributed by atoms with Crippen molar-refractivity contribution in [2.75, 3.05) is 31.1 Å². The Labute approximate surface area is 163 Å². The molecule has 0 aliphatic carbocycles. The molecule has 1 aliphatic rings. The van der Waals surface area contributed by atoms with Gasteiger partial charge in [-0.1, -0.05) is 48.0 Å². The molecule has 7 heteroatoms. The second-order valence-corrected chi connectivity index (χ2v) is 6.90. The number of carboxylic acids is 1. The smallest absolute Gasteiger partial charge is 0.318 e. The molecule has 2 amide bonds. The number of halogens is 1. The molecule has 1 saturated heterocycles. The van der Waals surface area contributed by atoms with Gasteiger partial charge in [0.05, 0.1) is 12.0 Å². The molecule has 6 nitrogen and oxygen atoms in total. The van der Waals surface area contributed by atoms with Crippen molar-refractivity contribution in [1.82, 2.24) is 10.2 Å². The highest BCUT2D eigenvalue weighted by molar-refractivity contribution is 6.30. The second-order valence-electron chi connectivity index (χ2n) is 6.46. The molecule has 0 unspecified atom stereocenters. The van der Waals surface area contributed by atoms with E-state index in [1.807, 2.05) is 54.6 Å². The predicted molar refractivity (Wildman–Crippen MR) is 103 cm³/mol. The minimum Gasteiger partial charge on any atom is -0.548 e. The Bertz CT molecular complexity index is 792. The fraction of sp³-hybridized carbons (Fsp3) is 0.300. The van der Waals surface area contributed by atoms with Crippen molar-refractivity contribution < 1.29 is 14.7 Å². The van der Waals surface area contributed by atoms with Crippen LogP contribution in [0.5, 0.6) is 0 Å². The molecule has 0 bridgehead atoms. The van der Waals surface area contributed by atoms with E-state index in [4.69, 9.17) is 11.6 Å². The van der Waals surface area contributed by atoms with Crippen molar-refractivity contribution in [1.29, 1.82) is 0 Å². The molecule has 1 N–H and O–H groups in total. The average molecular weight is 387 g/mol. The first-order chi connectivity index (χ1) is 13.0. The van der Waals surface area contributed by atoms with E-state index in [2.05, 4.69) is 10.2 Å². The van der Waals surface area contributed by atoms with Crippen molar-refractivity contribution in [3.63, 3.8) is 0 Å². The van der Waals surface area contributed by atoms with Crippen LogP contribution in [-0.2, 0) is 11.2 Å². The molecule has 1 aliphatic heterocycles. The van der Waals surface area contributed by atoms with E-state index in [0.717, 1.165) is 11.3 Å². The molecule has 1 heterocycles. The lowest BCUT2D eigenvalue weighted by Crippen LogP contribution is -2.57. The van der Waals surface area contributed by atoms with Crippen LogP contribution in [0.4, 0.5) is 10.5 Å². The summed E-state index contributed by atoms with van der Waals surface area (Å²) in [6, 6.07) is 15.3. The number of carboxylic acid groups (broad SMARTS) is 1. The van der Waals surface area contributed by atoms with E-state index in [9.17, 15) is 14.7 Å². The van der Waals surface area contributed by atoms with Gasteiger partial charge >= 0.3 is 6.03 Å². The molecular weight excluding hydrogens is 366 g/mol. The lowest BCUT2D eigenvalue weighted by atomic mass is 10.1. The Balaban J connectivity index is 1.55. The number of carbonyl (C=O) groups is 2. The number of piperazine rings is 1. The molecule has 0 spiro atoms. The normalized spacial score (nSPS) is 15.3. The van der Waals surface area contributed by atoms with Gasteiger partial charge in [-0.3, -0.25) is 0 Å². The summed E-state index contributed by atoms with van der Waals surface area (Å²) in [5.74, 6) is -1.29. The van der Waals surface area contributed by atoms with Gasteiger partial charge in [0.1, 0.15) is 0 Å². The van der Waals surface area contributed by atoms with Crippen molar-refractivity contribution in [3.05, 3.63) is 65.2 Å². The third kappa shape index (κ3) is 5.14. The minimum atomic E-state index is -1.29. The molecule has 2 aromatic rings. The predicted octanol–water partition coefficient (Wildman–Crippen LogP) is 1.53. The maximum absolute atomic E-state index is 12.5. The van der Waals surface area contributed by atoms with Crippen molar-refractivity contribution in [2.45, 2.75) is 12.5 Å². The molecule has 0 aromatic heterocycles. The Morgan fingerprint density at radius 3 is 2.37 bits per heavy atom. The molecule has 1 fully saturated rings. The summed E-state index contributed by atoms with van der Waals surface area (Å²) in [7, 11) is 0. The van der Waals surface area contributed by atoms with E-state index in [0.29, 0.717) is 31.2 Å². The summed E-state index contributed by atoms with van der Waals surface area (Å²) in [5, 5.41) is 14.7. The van der Waals surface area contributed by atoms with Gasteiger partial charge in [0, 0.05) is 36.9 Å². The third-order valence-electron chi connectivity index (χ3n) is 4.61. The van der Waals surface area contributed by atoms with Gasteiger partial charge in [-0.15, -0.1) is 0 Å². The number of benzene rings is 2. The zero-order valence-electron chi connectivity index (χ0n) is 14.8. The zero-order valence-corrected chi connectivity index (χ0v) is 15.6.